The number of rotatable bonds is 7. The average Bonchev–Trinajstić information content (AvgIpc) is 3.28. The van der Waals surface area contributed by atoms with Crippen LogP contribution in [0.2, 0.25) is 13.1 Å². The van der Waals surface area contributed by atoms with Crippen molar-refractivity contribution in [2.75, 3.05) is 23.3 Å². The Labute approximate surface area is 213 Å². The van der Waals surface area contributed by atoms with Gasteiger partial charge in [-0.05, 0) is 55.3 Å². The fourth-order valence-electron chi connectivity index (χ4n) is 4.11. The quantitative estimate of drug-likeness (QED) is 0.424. The largest absolute Gasteiger partial charge is 0.408 e. The summed E-state index contributed by atoms with van der Waals surface area (Å²) in [7, 11) is -0.888. The molecule has 8 nitrogen and oxygen atoms in total. The first-order valence-electron chi connectivity index (χ1n) is 12.0. The number of hydrogen-bond acceptors (Lipinski definition) is 8. The van der Waals surface area contributed by atoms with Crippen LogP contribution in [0.5, 0.6) is 0 Å². The van der Waals surface area contributed by atoms with Crippen molar-refractivity contribution < 1.29 is 8.82 Å². The molecule has 0 bridgehead atoms. The molecule has 0 aromatic carbocycles. The Morgan fingerprint density at radius 2 is 1.92 bits per heavy atom. The SMILES string of the molecule is C[Si](C)OC(c1ccc(Nc2nccc(-c3ccc(N4CC[C@H](F)C4)c(C#N)n3)n2)cn1)C(C)(C)C. The molecule has 3 aromatic rings. The molecular weight excluding hydrogens is 473 g/mol. The number of hydrogen-bond donors (Lipinski definition) is 1. The molecule has 4 rings (SSSR count). The molecule has 0 aliphatic carbocycles. The fourth-order valence-corrected chi connectivity index (χ4v) is 5.06. The monoisotopic (exact) mass is 504 g/mol. The van der Waals surface area contributed by atoms with Crippen molar-refractivity contribution in [3.05, 3.63) is 54.1 Å². The second-order valence-electron chi connectivity index (χ2n) is 10.1. The lowest BCUT2D eigenvalue weighted by Crippen LogP contribution is -2.26. The van der Waals surface area contributed by atoms with Crippen LogP contribution in [0.3, 0.4) is 0 Å². The molecule has 187 valence electrons. The molecule has 0 saturated carbocycles. The van der Waals surface area contributed by atoms with E-state index in [1.54, 1.807) is 24.5 Å². The van der Waals surface area contributed by atoms with Crippen LogP contribution in [0.1, 0.15) is 44.7 Å². The Morgan fingerprint density at radius 1 is 1.14 bits per heavy atom. The van der Waals surface area contributed by atoms with E-state index in [1.807, 2.05) is 23.1 Å². The third-order valence-electron chi connectivity index (χ3n) is 5.82. The summed E-state index contributed by atoms with van der Waals surface area (Å²) in [5, 5.41) is 12.8. The molecule has 3 aromatic heterocycles. The van der Waals surface area contributed by atoms with Gasteiger partial charge in [0.25, 0.3) is 0 Å². The molecule has 1 N–H and O–H groups in total. The van der Waals surface area contributed by atoms with Gasteiger partial charge in [-0.1, -0.05) is 20.8 Å². The second-order valence-corrected chi connectivity index (χ2v) is 12.2. The van der Waals surface area contributed by atoms with Crippen LogP contribution < -0.4 is 10.2 Å². The normalized spacial score (nSPS) is 16.7. The Balaban J connectivity index is 1.52. The van der Waals surface area contributed by atoms with Crippen molar-refractivity contribution in [1.82, 2.24) is 19.9 Å². The molecular formula is C26H31FN7OSi. The molecule has 4 heterocycles. The van der Waals surface area contributed by atoms with Gasteiger partial charge in [0.05, 0.1) is 40.8 Å². The van der Waals surface area contributed by atoms with E-state index in [0.29, 0.717) is 36.0 Å². The van der Waals surface area contributed by atoms with Gasteiger partial charge in [0.1, 0.15) is 12.2 Å². The van der Waals surface area contributed by atoms with E-state index in [-0.39, 0.29) is 23.8 Å². The Hall–Kier alpha value is -3.42. The van der Waals surface area contributed by atoms with Crippen LogP contribution in [0, 0.1) is 16.7 Å². The van der Waals surface area contributed by atoms with Crippen molar-refractivity contribution in [2.45, 2.75) is 52.6 Å². The van der Waals surface area contributed by atoms with E-state index in [9.17, 15) is 9.65 Å². The maximum atomic E-state index is 13.6. The van der Waals surface area contributed by atoms with E-state index >= 15 is 0 Å². The van der Waals surface area contributed by atoms with Crippen molar-refractivity contribution in [3.63, 3.8) is 0 Å². The highest BCUT2D eigenvalue weighted by molar-refractivity contribution is 6.48. The highest BCUT2D eigenvalue weighted by atomic mass is 28.3. The molecule has 10 heteroatoms. The Morgan fingerprint density at radius 3 is 2.53 bits per heavy atom. The minimum atomic E-state index is -0.888. The minimum absolute atomic E-state index is 0.0749. The van der Waals surface area contributed by atoms with E-state index in [1.165, 1.54) is 0 Å². The lowest BCUT2D eigenvalue weighted by molar-refractivity contribution is 0.0827. The first kappa shape index (κ1) is 25.7. The number of nitrogens with zero attached hydrogens (tertiary/aromatic N) is 6. The maximum absolute atomic E-state index is 13.6. The van der Waals surface area contributed by atoms with Gasteiger partial charge >= 0.3 is 0 Å². The summed E-state index contributed by atoms with van der Waals surface area (Å²) in [5.74, 6) is 0.391. The number of nitrogens with one attached hydrogen (secondary N) is 1. The van der Waals surface area contributed by atoms with Crippen LogP contribution in [0.15, 0.2) is 42.7 Å². The summed E-state index contributed by atoms with van der Waals surface area (Å²) in [6.07, 6.45) is 2.89. The first-order valence-corrected chi connectivity index (χ1v) is 14.4. The zero-order chi connectivity index (χ0) is 25.9. The number of pyridine rings is 2. The highest BCUT2D eigenvalue weighted by Gasteiger charge is 2.29. The average molecular weight is 505 g/mol. The van der Waals surface area contributed by atoms with Gasteiger partial charge in [-0.25, -0.2) is 19.3 Å². The molecule has 0 amide bonds. The lowest BCUT2D eigenvalue weighted by atomic mass is 9.87. The molecule has 0 spiro atoms. The van der Waals surface area contributed by atoms with Crippen molar-refractivity contribution in [3.8, 4) is 17.5 Å². The molecule has 1 unspecified atom stereocenters. The number of halogens is 1. The van der Waals surface area contributed by atoms with Crippen LogP contribution in [0.4, 0.5) is 21.7 Å². The number of nitriles is 1. The van der Waals surface area contributed by atoms with E-state index in [2.05, 4.69) is 65.2 Å². The van der Waals surface area contributed by atoms with Gasteiger partial charge in [-0.15, -0.1) is 0 Å². The van der Waals surface area contributed by atoms with Gasteiger partial charge in [0, 0.05) is 19.3 Å². The predicted molar refractivity (Wildman–Crippen MR) is 140 cm³/mol. The summed E-state index contributed by atoms with van der Waals surface area (Å²) in [5.41, 5.74) is 3.59. The molecule has 2 atom stereocenters. The van der Waals surface area contributed by atoms with Crippen LogP contribution >= 0.6 is 0 Å². The maximum Gasteiger partial charge on any atom is 0.227 e. The highest BCUT2D eigenvalue weighted by Crippen LogP contribution is 2.36. The van der Waals surface area contributed by atoms with Crippen LogP contribution in [-0.4, -0.2) is 48.2 Å². The summed E-state index contributed by atoms with van der Waals surface area (Å²) >= 11 is 0. The zero-order valence-corrected chi connectivity index (χ0v) is 22.3. The van der Waals surface area contributed by atoms with Gasteiger partial charge in [-0.3, -0.25) is 4.98 Å². The fraction of sp³-hybridized carbons (Fsp3) is 0.423. The smallest absolute Gasteiger partial charge is 0.227 e. The summed E-state index contributed by atoms with van der Waals surface area (Å²) in [6, 6.07) is 11.4. The summed E-state index contributed by atoms with van der Waals surface area (Å²) in [6.45, 7) is 11.6. The standard InChI is InChI=1S/C26H31FN7OSi/c1-26(2,3)24(35-36(4)5)21-7-6-18(15-30-21)31-25-29-12-10-20(33-25)19-8-9-23(22(14-28)32-19)34-13-11-17(27)16-34/h6-10,12,15,17,24H,11,13,16H2,1-5H3,(H,29,31,33)/t17-,24?/m0/s1. The third kappa shape index (κ3) is 6.03. The van der Waals surface area contributed by atoms with Gasteiger partial charge in [0.2, 0.25) is 15.0 Å². The van der Waals surface area contributed by atoms with Crippen LogP contribution in [0.25, 0.3) is 11.4 Å². The van der Waals surface area contributed by atoms with Gasteiger partial charge in [0.15, 0.2) is 5.69 Å². The Kier molecular flexibility index (Phi) is 7.61. The van der Waals surface area contributed by atoms with Crippen molar-refractivity contribution >= 4 is 26.4 Å². The summed E-state index contributed by atoms with van der Waals surface area (Å²) < 4.78 is 19.9. The molecule has 36 heavy (non-hydrogen) atoms. The first-order chi connectivity index (χ1) is 17.1. The lowest BCUT2D eigenvalue weighted by Gasteiger charge is -2.32. The van der Waals surface area contributed by atoms with E-state index < -0.39 is 15.2 Å². The topological polar surface area (TPSA) is 99.8 Å². The minimum Gasteiger partial charge on any atom is -0.408 e. The zero-order valence-electron chi connectivity index (χ0n) is 21.3. The molecule has 1 fully saturated rings. The second kappa shape index (κ2) is 10.7. The molecule has 1 saturated heterocycles. The molecule has 1 radical (unpaired) electrons. The third-order valence-corrected chi connectivity index (χ3v) is 6.53. The molecule has 1 aliphatic rings. The molecule has 1 aliphatic heterocycles. The predicted octanol–water partition coefficient (Wildman–Crippen LogP) is 5.45. The van der Waals surface area contributed by atoms with Crippen molar-refractivity contribution in [1.29, 1.82) is 5.26 Å². The van der Waals surface area contributed by atoms with Gasteiger partial charge in [-0.2, -0.15) is 5.26 Å². The van der Waals surface area contributed by atoms with E-state index in [0.717, 1.165) is 11.4 Å². The number of aromatic nitrogens is 4. The summed E-state index contributed by atoms with van der Waals surface area (Å²) in [4.78, 5) is 19.9. The van der Waals surface area contributed by atoms with Crippen molar-refractivity contribution in [2.24, 2.45) is 5.41 Å². The van der Waals surface area contributed by atoms with E-state index in [4.69, 9.17) is 4.43 Å². The number of alkyl halides is 1. The number of anilines is 3. The van der Waals surface area contributed by atoms with Gasteiger partial charge < -0.3 is 14.6 Å². The van der Waals surface area contributed by atoms with Crippen LogP contribution in [-0.2, 0) is 4.43 Å². The Bertz CT molecular complexity index is 1240.